The van der Waals surface area contributed by atoms with Crippen molar-refractivity contribution in [3.63, 3.8) is 0 Å². The average Bonchev–Trinajstić information content (AvgIpc) is 2.97. The third-order valence-corrected chi connectivity index (χ3v) is 5.81. The topological polar surface area (TPSA) is 34.6 Å². The number of hydrogen-bond acceptors (Lipinski definition) is 4. The Morgan fingerprint density at radius 3 is 2.00 bits per heavy atom. The molecule has 2 unspecified atom stereocenters. The molecule has 2 aromatic rings. The zero-order valence-electron chi connectivity index (χ0n) is 16.5. The smallest absolute Gasteiger partial charge is 0.417 e. The molecular formula is C21H20F6N2O2. The summed E-state index contributed by atoms with van der Waals surface area (Å²) in [6, 6.07) is 5.60. The van der Waals surface area contributed by atoms with Crippen molar-refractivity contribution in [2.24, 2.45) is 0 Å². The molecule has 168 valence electrons. The molecule has 0 N–H and O–H groups in total. The summed E-state index contributed by atoms with van der Waals surface area (Å²) in [6.07, 6.45) is -5.46. The van der Waals surface area contributed by atoms with Crippen LogP contribution in [0, 0.1) is 0 Å². The predicted molar refractivity (Wildman–Crippen MR) is 100 cm³/mol. The summed E-state index contributed by atoms with van der Waals surface area (Å²) >= 11 is 0. The van der Waals surface area contributed by atoms with E-state index < -0.39 is 23.5 Å². The number of anilines is 1. The Morgan fingerprint density at radius 2 is 1.48 bits per heavy atom. The molecular weight excluding hydrogens is 426 g/mol. The van der Waals surface area contributed by atoms with E-state index in [2.05, 4.69) is 4.98 Å². The molecule has 0 amide bonds. The second-order valence-electron chi connectivity index (χ2n) is 7.77. The summed E-state index contributed by atoms with van der Waals surface area (Å²) < 4.78 is 88.2. The van der Waals surface area contributed by atoms with E-state index in [0.29, 0.717) is 18.7 Å². The quantitative estimate of drug-likeness (QED) is 0.564. The third-order valence-electron chi connectivity index (χ3n) is 5.81. The van der Waals surface area contributed by atoms with Crippen LogP contribution in [-0.4, -0.2) is 30.3 Å². The van der Waals surface area contributed by atoms with Crippen molar-refractivity contribution in [2.45, 2.75) is 56.2 Å². The van der Waals surface area contributed by atoms with Crippen LogP contribution in [-0.2, 0) is 12.4 Å². The van der Waals surface area contributed by atoms with Crippen LogP contribution in [0.3, 0.4) is 0 Å². The number of halogens is 6. The minimum Gasteiger partial charge on any atom is -0.493 e. The summed E-state index contributed by atoms with van der Waals surface area (Å²) in [5.41, 5.74) is -1.61. The highest BCUT2D eigenvalue weighted by molar-refractivity contribution is 5.46. The standard InChI is InChI=1S/C21H20F6N2O2/c1-30-18-8-12(20(22,23)24)2-6-17(18)31-16-9-14-4-5-15(10-16)29(14)19-7-3-13(11-28-19)21(25,26)27/h2-3,6-8,11,14-16H,4-5,9-10H2,1H3. The molecule has 2 aliphatic rings. The van der Waals surface area contributed by atoms with Crippen molar-refractivity contribution in [3.8, 4) is 11.5 Å². The Labute approximate surface area is 174 Å². The molecule has 2 bridgehead atoms. The summed E-state index contributed by atoms with van der Waals surface area (Å²) in [7, 11) is 1.28. The fraction of sp³-hybridized carbons (Fsp3) is 0.476. The fourth-order valence-electron chi connectivity index (χ4n) is 4.42. The first-order chi connectivity index (χ1) is 14.6. The number of hydrogen-bond donors (Lipinski definition) is 0. The lowest BCUT2D eigenvalue weighted by atomic mass is 9.99. The Hall–Kier alpha value is -2.65. The van der Waals surface area contributed by atoms with Crippen molar-refractivity contribution in [1.29, 1.82) is 0 Å². The number of aromatic nitrogens is 1. The number of piperidine rings is 1. The van der Waals surface area contributed by atoms with Gasteiger partial charge in [0.15, 0.2) is 11.5 Å². The van der Waals surface area contributed by atoms with Gasteiger partial charge in [-0.1, -0.05) is 0 Å². The second-order valence-corrected chi connectivity index (χ2v) is 7.77. The van der Waals surface area contributed by atoms with Crippen LogP contribution in [0.2, 0.25) is 0 Å². The van der Waals surface area contributed by atoms with Gasteiger partial charge in [-0.3, -0.25) is 0 Å². The maximum Gasteiger partial charge on any atom is 0.417 e. The van der Waals surface area contributed by atoms with Crippen LogP contribution in [0.25, 0.3) is 0 Å². The maximum atomic E-state index is 12.9. The van der Waals surface area contributed by atoms with Gasteiger partial charge in [-0.2, -0.15) is 26.3 Å². The molecule has 0 spiro atoms. The lowest BCUT2D eigenvalue weighted by Crippen LogP contribution is -2.46. The van der Waals surface area contributed by atoms with Crippen molar-refractivity contribution in [3.05, 3.63) is 47.7 Å². The van der Waals surface area contributed by atoms with Crippen molar-refractivity contribution in [1.82, 2.24) is 4.98 Å². The molecule has 1 aromatic heterocycles. The van der Waals surface area contributed by atoms with E-state index in [-0.39, 0.29) is 29.7 Å². The van der Waals surface area contributed by atoms with Crippen LogP contribution in [0.1, 0.15) is 36.8 Å². The molecule has 0 aliphatic carbocycles. The zero-order valence-corrected chi connectivity index (χ0v) is 16.5. The first-order valence-corrected chi connectivity index (χ1v) is 9.79. The highest BCUT2D eigenvalue weighted by Gasteiger charge is 2.43. The SMILES string of the molecule is COc1cc(C(F)(F)F)ccc1OC1CC2CCC(C1)N2c1ccc(C(F)(F)F)cn1. The van der Waals surface area contributed by atoms with Gasteiger partial charge in [-0.15, -0.1) is 0 Å². The zero-order chi connectivity index (χ0) is 22.4. The second kappa shape index (κ2) is 7.80. The van der Waals surface area contributed by atoms with E-state index in [1.807, 2.05) is 4.90 Å². The number of ether oxygens (including phenoxy) is 2. The number of nitrogens with zero attached hydrogens (tertiary/aromatic N) is 2. The normalized spacial score (nSPS) is 23.7. The summed E-state index contributed by atoms with van der Waals surface area (Å²) in [5, 5.41) is 0. The number of rotatable bonds is 4. The van der Waals surface area contributed by atoms with Crippen LogP contribution < -0.4 is 14.4 Å². The Morgan fingerprint density at radius 1 is 0.871 bits per heavy atom. The molecule has 10 heteroatoms. The van der Waals surface area contributed by atoms with Crippen LogP contribution in [0.4, 0.5) is 32.2 Å². The fourth-order valence-corrected chi connectivity index (χ4v) is 4.42. The number of benzene rings is 1. The highest BCUT2D eigenvalue weighted by atomic mass is 19.4. The van der Waals surface area contributed by atoms with Gasteiger partial charge in [0, 0.05) is 31.1 Å². The van der Waals surface area contributed by atoms with Gasteiger partial charge in [0.2, 0.25) is 0 Å². The molecule has 4 nitrogen and oxygen atoms in total. The molecule has 0 saturated carbocycles. The lowest BCUT2D eigenvalue weighted by molar-refractivity contribution is -0.138. The first kappa shape index (κ1) is 21.6. The van der Waals surface area contributed by atoms with Crippen LogP contribution >= 0.6 is 0 Å². The predicted octanol–water partition coefficient (Wildman–Crippen LogP) is 5.71. The van der Waals surface area contributed by atoms with E-state index in [1.165, 1.54) is 19.2 Å². The van der Waals surface area contributed by atoms with Gasteiger partial charge in [0.25, 0.3) is 0 Å². The molecule has 2 saturated heterocycles. The first-order valence-electron chi connectivity index (χ1n) is 9.79. The molecule has 2 aliphatic heterocycles. The Balaban J connectivity index is 1.47. The van der Waals surface area contributed by atoms with E-state index in [1.54, 1.807) is 0 Å². The lowest BCUT2D eigenvalue weighted by Gasteiger charge is -2.39. The number of fused-ring (bicyclic) bond motifs is 2. The molecule has 2 fully saturated rings. The number of alkyl halides is 6. The Kier molecular flexibility index (Phi) is 5.43. The van der Waals surface area contributed by atoms with Gasteiger partial charge in [-0.05, 0) is 43.2 Å². The highest BCUT2D eigenvalue weighted by Crippen LogP contribution is 2.42. The van der Waals surface area contributed by atoms with E-state index in [9.17, 15) is 26.3 Å². The molecule has 2 atom stereocenters. The van der Waals surface area contributed by atoms with Crippen molar-refractivity contribution in [2.75, 3.05) is 12.0 Å². The third kappa shape index (κ3) is 4.38. The van der Waals surface area contributed by atoms with Crippen molar-refractivity contribution >= 4 is 5.82 Å². The van der Waals surface area contributed by atoms with Gasteiger partial charge < -0.3 is 14.4 Å². The Bertz CT molecular complexity index is 915. The van der Waals surface area contributed by atoms with E-state index in [0.717, 1.165) is 37.2 Å². The summed E-state index contributed by atoms with van der Waals surface area (Å²) in [5.74, 6) is 0.737. The maximum absolute atomic E-state index is 12.9. The molecule has 31 heavy (non-hydrogen) atoms. The molecule has 3 heterocycles. The van der Waals surface area contributed by atoms with E-state index in [4.69, 9.17) is 9.47 Å². The minimum atomic E-state index is -4.48. The van der Waals surface area contributed by atoms with Gasteiger partial charge in [0.1, 0.15) is 11.9 Å². The monoisotopic (exact) mass is 446 g/mol. The molecule has 1 aromatic carbocycles. The van der Waals surface area contributed by atoms with Crippen LogP contribution in [0.5, 0.6) is 11.5 Å². The van der Waals surface area contributed by atoms with Gasteiger partial charge in [0.05, 0.1) is 18.2 Å². The summed E-state index contributed by atoms with van der Waals surface area (Å²) in [4.78, 5) is 6.05. The largest absolute Gasteiger partial charge is 0.493 e. The van der Waals surface area contributed by atoms with Gasteiger partial charge in [-0.25, -0.2) is 4.98 Å². The summed E-state index contributed by atoms with van der Waals surface area (Å²) in [6.45, 7) is 0. The average molecular weight is 446 g/mol. The number of pyridine rings is 1. The molecule has 4 rings (SSSR count). The van der Waals surface area contributed by atoms with Crippen LogP contribution in [0.15, 0.2) is 36.5 Å². The minimum absolute atomic E-state index is 0.00834. The molecule has 0 radical (unpaired) electrons. The van der Waals surface area contributed by atoms with Gasteiger partial charge >= 0.3 is 12.4 Å². The number of methoxy groups -OCH3 is 1. The van der Waals surface area contributed by atoms with Crippen molar-refractivity contribution < 1.29 is 35.8 Å². The van der Waals surface area contributed by atoms with E-state index >= 15 is 0 Å².